The van der Waals surface area contributed by atoms with E-state index in [1.165, 1.54) is 7.05 Å². The second-order valence-corrected chi connectivity index (χ2v) is 9.90. The SMILES string of the molecule is Cn1nnc(N(Cc2cc(C(F)(F)F)cc(C(F)(F)F)c2)Cc2cc(C(F)(F)F)cnc2/C(=N/O)C2CCCCC2)n1. The highest BCUT2D eigenvalue weighted by molar-refractivity contribution is 6.01. The molecular weight excluding hydrogens is 585 g/mol. The standard InChI is InChI=1S/C25H24F9N7O/c1-40-37-22(36-39-40)41(12-14-7-17(23(26,27)28)10-18(8-14)24(29,30)31)13-16-9-19(25(32,33)34)11-35-20(16)21(38-42)15-5-3-2-4-6-15/h7-11,15,42H,2-6,12-13H2,1H3/b38-21+. The van der Waals surface area contributed by atoms with E-state index in [-0.39, 0.29) is 34.9 Å². The molecule has 1 N–H and O–H groups in total. The fourth-order valence-electron chi connectivity index (χ4n) is 4.85. The number of nitrogens with zero attached hydrogens (tertiary/aromatic N) is 7. The molecule has 0 spiro atoms. The second kappa shape index (κ2) is 11.8. The summed E-state index contributed by atoms with van der Waals surface area (Å²) in [6, 6.07) is 1.73. The number of benzene rings is 1. The molecule has 3 aromatic rings. The van der Waals surface area contributed by atoms with Gasteiger partial charge in [-0.25, -0.2) is 0 Å². The fraction of sp³-hybridized carbons (Fsp3) is 0.480. The van der Waals surface area contributed by atoms with Gasteiger partial charge in [0.25, 0.3) is 5.95 Å². The minimum atomic E-state index is -5.11. The zero-order chi connectivity index (χ0) is 30.9. The van der Waals surface area contributed by atoms with E-state index in [4.69, 9.17) is 0 Å². The Labute approximate surface area is 232 Å². The van der Waals surface area contributed by atoms with Crippen molar-refractivity contribution >= 4 is 11.7 Å². The molecule has 17 heteroatoms. The van der Waals surface area contributed by atoms with Gasteiger partial charge in [-0.2, -0.15) is 44.3 Å². The van der Waals surface area contributed by atoms with Crippen molar-refractivity contribution in [2.75, 3.05) is 4.90 Å². The summed E-state index contributed by atoms with van der Waals surface area (Å²) >= 11 is 0. The lowest BCUT2D eigenvalue weighted by molar-refractivity contribution is -0.143. The molecule has 42 heavy (non-hydrogen) atoms. The molecule has 1 aromatic carbocycles. The minimum absolute atomic E-state index is 0.0304. The summed E-state index contributed by atoms with van der Waals surface area (Å²) in [5, 5.41) is 24.5. The third-order valence-electron chi connectivity index (χ3n) is 6.80. The van der Waals surface area contributed by atoms with E-state index in [1.54, 1.807) is 0 Å². The summed E-state index contributed by atoms with van der Waals surface area (Å²) in [4.78, 5) is 5.98. The van der Waals surface area contributed by atoms with Crippen LogP contribution in [-0.2, 0) is 38.7 Å². The third-order valence-corrected chi connectivity index (χ3v) is 6.80. The van der Waals surface area contributed by atoms with Crippen LogP contribution in [0.25, 0.3) is 0 Å². The van der Waals surface area contributed by atoms with Crippen LogP contribution in [0.15, 0.2) is 35.6 Å². The number of rotatable bonds is 7. The number of hydrogen-bond donors (Lipinski definition) is 1. The first kappa shape index (κ1) is 31.0. The molecule has 4 rings (SSSR count). The molecule has 8 nitrogen and oxygen atoms in total. The maximum absolute atomic E-state index is 13.7. The number of anilines is 1. The van der Waals surface area contributed by atoms with E-state index in [0.717, 1.165) is 35.0 Å². The predicted molar refractivity (Wildman–Crippen MR) is 129 cm³/mol. The number of halogens is 9. The highest BCUT2D eigenvalue weighted by Crippen LogP contribution is 2.37. The smallest absolute Gasteiger partial charge is 0.411 e. The van der Waals surface area contributed by atoms with Crippen LogP contribution in [0.1, 0.15) is 65.6 Å². The maximum Gasteiger partial charge on any atom is 0.417 e. The Hall–Kier alpha value is -3.92. The van der Waals surface area contributed by atoms with Gasteiger partial charge in [0.2, 0.25) is 0 Å². The molecule has 1 aliphatic rings. The molecule has 0 radical (unpaired) electrons. The Morgan fingerprint density at radius 1 is 0.881 bits per heavy atom. The number of hydrogen-bond acceptors (Lipinski definition) is 7. The van der Waals surface area contributed by atoms with Crippen LogP contribution in [0.2, 0.25) is 0 Å². The topological polar surface area (TPSA) is 92.3 Å². The molecular formula is C25H24F9N7O. The van der Waals surface area contributed by atoms with Gasteiger partial charge in [0.05, 0.1) is 29.4 Å². The molecule has 0 amide bonds. The number of aromatic nitrogens is 5. The van der Waals surface area contributed by atoms with E-state index < -0.39 is 53.9 Å². The molecule has 2 heterocycles. The Bertz CT molecular complexity index is 1390. The Kier molecular flexibility index (Phi) is 8.68. The second-order valence-electron chi connectivity index (χ2n) is 9.90. The Balaban J connectivity index is 1.82. The van der Waals surface area contributed by atoms with Gasteiger partial charge in [-0.1, -0.05) is 29.5 Å². The molecule has 0 unspecified atom stereocenters. The van der Waals surface area contributed by atoms with E-state index in [0.29, 0.717) is 31.2 Å². The average Bonchev–Trinajstić information content (AvgIpc) is 3.34. The molecule has 0 bridgehead atoms. The monoisotopic (exact) mass is 609 g/mol. The van der Waals surface area contributed by atoms with Crippen molar-refractivity contribution in [2.45, 2.75) is 63.7 Å². The maximum atomic E-state index is 13.7. The van der Waals surface area contributed by atoms with Crippen LogP contribution in [-0.4, -0.2) is 36.1 Å². The van der Waals surface area contributed by atoms with E-state index in [2.05, 4.69) is 25.6 Å². The summed E-state index contributed by atoms with van der Waals surface area (Å²) in [6.45, 7) is -1.23. The number of aryl methyl sites for hydroxylation is 1. The molecule has 0 atom stereocenters. The van der Waals surface area contributed by atoms with Gasteiger partial charge < -0.3 is 10.1 Å². The van der Waals surface area contributed by atoms with Gasteiger partial charge in [-0.15, -0.1) is 5.10 Å². The van der Waals surface area contributed by atoms with Gasteiger partial charge in [-0.05, 0) is 53.4 Å². The zero-order valence-corrected chi connectivity index (χ0v) is 21.9. The van der Waals surface area contributed by atoms with Crippen LogP contribution >= 0.6 is 0 Å². The van der Waals surface area contributed by atoms with E-state index >= 15 is 0 Å². The highest BCUT2D eigenvalue weighted by Gasteiger charge is 2.38. The van der Waals surface area contributed by atoms with Crippen LogP contribution in [0.4, 0.5) is 45.5 Å². The normalized spacial score (nSPS) is 15.7. The van der Waals surface area contributed by atoms with E-state index in [9.17, 15) is 44.7 Å². The minimum Gasteiger partial charge on any atom is -0.411 e. The molecule has 1 fully saturated rings. The predicted octanol–water partition coefficient (Wildman–Crippen LogP) is 6.63. The van der Waals surface area contributed by atoms with Crippen molar-refractivity contribution in [1.82, 2.24) is 25.2 Å². The van der Waals surface area contributed by atoms with Gasteiger partial charge in [0, 0.05) is 25.2 Å². The van der Waals surface area contributed by atoms with Crippen LogP contribution in [0, 0.1) is 5.92 Å². The van der Waals surface area contributed by atoms with Crippen LogP contribution in [0.5, 0.6) is 0 Å². The van der Waals surface area contributed by atoms with Crippen LogP contribution in [0.3, 0.4) is 0 Å². The molecule has 0 aliphatic heterocycles. The van der Waals surface area contributed by atoms with Gasteiger partial charge >= 0.3 is 18.5 Å². The first-order valence-electron chi connectivity index (χ1n) is 12.6. The lowest BCUT2D eigenvalue weighted by Crippen LogP contribution is -2.28. The quantitative estimate of drug-likeness (QED) is 0.140. The van der Waals surface area contributed by atoms with Crippen molar-refractivity contribution in [2.24, 2.45) is 18.1 Å². The van der Waals surface area contributed by atoms with Crippen molar-refractivity contribution in [1.29, 1.82) is 0 Å². The number of tetrazole rings is 1. The average molecular weight is 609 g/mol. The van der Waals surface area contributed by atoms with Gasteiger partial charge in [0.1, 0.15) is 5.71 Å². The summed E-state index contributed by atoms with van der Waals surface area (Å²) in [5.41, 5.74) is -4.96. The number of pyridine rings is 1. The van der Waals surface area contributed by atoms with Crippen molar-refractivity contribution < 1.29 is 44.7 Å². The fourth-order valence-corrected chi connectivity index (χ4v) is 4.85. The van der Waals surface area contributed by atoms with Crippen molar-refractivity contribution in [3.8, 4) is 0 Å². The first-order valence-corrected chi connectivity index (χ1v) is 12.6. The third kappa shape index (κ3) is 7.28. The molecule has 1 aliphatic carbocycles. The zero-order valence-electron chi connectivity index (χ0n) is 21.9. The Morgan fingerprint density at radius 3 is 1.98 bits per heavy atom. The number of oxime groups is 1. The summed E-state index contributed by atoms with van der Waals surface area (Å²) in [6.07, 6.45) is -10.8. The molecule has 2 aromatic heterocycles. The lowest BCUT2D eigenvalue weighted by atomic mass is 9.83. The number of alkyl halides is 9. The van der Waals surface area contributed by atoms with Gasteiger partial charge in [-0.3, -0.25) is 4.98 Å². The molecule has 0 saturated heterocycles. The van der Waals surface area contributed by atoms with Crippen molar-refractivity contribution in [3.63, 3.8) is 0 Å². The summed E-state index contributed by atoms with van der Waals surface area (Å²) < 4.78 is 122. The highest BCUT2D eigenvalue weighted by atomic mass is 19.4. The van der Waals surface area contributed by atoms with E-state index in [1.807, 2.05) is 0 Å². The Morgan fingerprint density at radius 2 is 1.48 bits per heavy atom. The largest absolute Gasteiger partial charge is 0.417 e. The van der Waals surface area contributed by atoms with Crippen LogP contribution < -0.4 is 4.90 Å². The van der Waals surface area contributed by atoms with Gasteiger partial charge in [0.15, 0.2) is 0 Å². The van der Waals surface area contributed by atoms with Crippen molar-refractivity contribution in [3.05, 3.63) is 64.0 Å². The lowest BCUT2D eigenvalue weighted by Gasteiger charge is -2.26. The molecule has 228 valence electrons. The molecule has 1 saturated carbocycles. The summed E-state index contributed by atoms with van der Waals surface area (Å²) in [5.74, 6) is -0.611. The first-order chi connectivity index (χ1) is 19.6. The summed E-state index contributed by atoms with van der Waals surface area (Å²) in [7, 11) is 1.34.